The van der Waals surface area contributed by atoms with E-state index in [-0.39, 0.29) is 4.90 Å². The highest BCUT2D eigenvalue weighted by molar-refractivity contribution is 7.89. The number of nitrogens with one attached hydrogen (secondary N) is 1. The number of nitrogens with zero attached hydrogens (tertiary/aromatic N) is 1. The number of ether oxygens (including phenoxy) is 1. The molecular formula is C17H19ClN2O3S. The maximum absolute atomic E-state index is 12.1. The Balaban J connectivity index is 2.03. The van der Waals surface area contributed by atoms with Crippen molar-refractivity contribution in [3.8, 4) is 5.75 Å². The standard InChI is InChI=1S/C17H19ClN2O3S/c1-13(2)12-23-16-5-3-4-14(10-16)11-19-20-24(21,22)17-8-6-15(18)7-9-17/h3-11,13,20H,12H2,1-2H3/b19-11+. The Hall–Kier alpha value is -2.05. The van der Waals surface area contributed by atoms with Crippen LogP contribution in [0.15, 0.2) is 58.5 Å². The van der Waals surface area contributed by atoms with Gasteiger partial charge >= 0.3 is 0 Å². The summed E-state index contributed by atoms with van der Waals surface area (Å²) < 4.78 is 29.8. The fraction of sp³-hybridized carbons (Fsp3) is 0.235. The van der Waals surface area contributed by atoms with Crippen LogP contribution in [0.2, 0.25) is 5.02 Å². The molecule has 2 aromatic carbocycles. The molecule has 0 aliphatic carbocycles. The number of hydrogen-bond acceptors (Lipinski definition) is 4. The van der Waals surface area contributed by atoms with Crippen molar-refractivity contribution in [1.82, 2.24) is 4.83 Å². The van der Waals surface area contributed by atoms with E-state index in [9.17, 15) is 8.42 Å². The molecule has 5 nitrogen and oxygen atoms in total. The minimum absolute atomic E-state index is 0.0954. The number of halogens is 1. The summed E-state index contributed by atoms with van der Waals surface area (Å²) in [5.41, 5.74) is 0.732. The van der Waals surface area contributed by atoms with Crippen LogP contribution < -0.4 is 9.57 Å². The molecule has 2 rings (SSSR count). The Bertz CT molecular complexity index is 803. The summed E-state index contributed by atoms with van der Waals surface area (Å²) in [5.74, 6) is 1.14. The zero-order chi connectivity index (χ0) is 17.6. The average molecular weight is 367 g/mol. The van der Waals surface area contributed by atoms with E-state index in [2.05, 4.69) is 23.8 Å². The molecule has 0 atom stereocenters. The van der Waals surface area contributed by atoms with Crippen LogP contribution in [0.3, 0.4) is 0 Å². The van der Waals surface area contributed by atoms with Crippen LogP contribution in [-0.2, 0) is 10.0 Å². The molecule has 2 aromatic rings. The van der Waals surface area contributed by atoms with Crippen LogP contribution >= 0.6 is 11.6 Å². The molecule has 0 fully saturated rings. The molecule has 0 heterocycles. The lowest BCUT2D eigenvalue weighted by molar-refractivity contribution is 0.271. The third-order valence-electron chi connectivity index (χ3n) is 2.95. The van der Waals surface area contributed by atoms with Gasteiger partial charge in [-0.25, -0.2) is 4.83 Å². The summed E-state index contributed by atoms with van der Waals surface area (Å²) in [6, 6.07) is 13.1. The molecule has 24 heavy (non-hydrogen) atoms. The van der Waals surface area contributed by atoms with Crippen molar-refractivity contribution >= 4 is 27.8 Å². The molecule has 1 N–H and O–H groups in total. The van der Waals surface area contributed by atoms with Crippen molar-refractivity contribution in [2.75, 3.05) is 6.61 Å². The molecule has 0 aromatic heterocycles. The third-order valence-corrected chi connectivity index (χ3v) is 4.44. The second-order valence-electron chi connectivity index (χ2n) is 5.58. The van der Waals surface area contributed by atoms with E-state index in [0.29, 0.717) is 23.3 Å². The van der Waals surface area contributed by atoms with E-state index in [1.807, 2.05) is 18.2 Å². The first-order valence-electron chi connectivity index (χ1n) is 7.40. The Labute approximate surface area is 147 Å². The summed E-state index contributed by atoms with van der Waals surface area (Å²) in [6.45, 7) is 4.75. The molecule has 0 spiro atoms. The van der Waals surface area contributed by atoms with Crippen molar-refractivity contribution in [2.45, 2.75) is 18.7 Å². The van der Waals surface area contributed by atoms with Gasteiger partial charge in [0.15, 0.2) is 0 Å². The van der Waals surface area contributed by atoms with Crippen molar-refractivity contribution in [3.05, 3.63) is 59.1 Å². The van der Waals surface area contributed by atoms with Crippen molar-refractivity contribution in [3.63, 3.8) is 0 Å². The smallest absolute Gasteiger partial charge is 0.276 e. The highest BCUT2D eigenvalue weighted by Gasteiger charge is 2.11. The van der Waals surface area contributed by atoms with Gasteiger partial charge in [-0.05, 0) is 47.9 Å². The predicted octanol–water partition coefficient (Wildman–Crippen LogP) is 3.69. The zero-order valence-electron chi connectivity index (χ0n) is 13.4. The van der Waals surface area contributed by atoms with Crippen molar-refractivity contribution < 1.29 is 13.2 Å². The predicted molar refractivity (Wildman–Crippen MR) is 96.1 cm³/mol. The zero-order valence-corrected chi connectivity index (χ0v) is 15.0. The molecular weight excluding hydrogens is 348 g/mol. The second kappa shape index (κ2) is 8.17. The van der Waals surface area contributed by atoms with E-state index < -0.39 is 10.0 Å². The molecule has 0 unspecified atom stereocenters. The van der Waals surface area contributed by atoms with E-state index in [4.69, 9.17) is 16.3 Å². The van der Waals surface area contributed by atoms with Gasteiger partial charge in [0.2, 0.25) is 0 Å². The third kappa shape index (κ3) is 5.54. The molecule has 0 saturated carbocycles. The molecule has 0 aliphatic heterocycles. The van der Waals surface area contributed by atoms with E-state index in [1.165, 1.54) is 30.5 Å². The van der Waals surface area contributed by atoms with Gasteiger partial charge in [0.05, 0.1) is 17.7 Å². The van der Waals surface area contributed by atoms with Crippen molar-refractivity contribution in [2.24, 2.45) is 11.0 Å². The number of hydrazone groups is 1. The summed E-state index contributed by atoms with van der Waals surface area (Å²) in [5, 5.41) is 4.27. The Morgan fingerprint density at radius 2 is 1.92 bits per heavy atom. The SMILES string of the molecule is CC(C)COc1cccc(/C=N/NS(=O)(=O)c2ccc(Cl)cc2)c1. The minimum atomic E-state index is -3.72. The van der Waals surface area contributed by atoms with Crippen LogP contribution in [0.5, 0.6) is 5.75 Å². The summed E-state index contributed by atoms with van der Waals surface area (Å²) in [7, 11) is -3.72. The topological polar surface area (TPSA) is 67.8 Å². The highest BCUT2D eigenvalue weighted by Crippen LogP contribution is 2.15. The lowest BCUT2D eigenvalue weighted by Crippen LogP contribution is -2.18. The fourth-order valence-corrected chi connectivity index (χ4v) is 2.70. The minimum Gasteiger partial charge on any atom is -0.493 e. The largest absolute Gasteiger partial charge is 0.493 e. The first kappa shape index (κ1) is 18.3. The summed E-state index contributed by atoms with van der Waals surface area (Å²) >= 11 is 5.75. The lowest BCUT2D eigenvalue weighted by atomic mass is 10.2. The van der Waals surface area contributed by atoms with Crippen molar-refractivity contribution in [1.29, 1.82) is 0 Å². The normalized spacial score (nSPS) is 11.8. The van der Waals surface area contributed by atoms with Gasteiger partial charge in [0, 0.05) is 5.02 Å². The maximum Gasteiger partial charge on any atom is 0.276 e. The van der Waals surface area contributed by atoms with Gasteiger partial charge in [-0.15, -0.1) is 0 Å². The molecule has 0 aliphatic rings. The van der Waals surface area contributed by atoms with Gasteiger partial charge in [-0.3, -0.25) is 0 Å². The molecule has 128 valence electrons. The van der Waals surface area contributed by atoms with E-state index in [0.717, 1.165) is 5.56 Å². The van der Waals surface area contributed by atoms with E-state index >= 15 is 0 Å². The van der Waals surface area contributed by atoms with Gasteiger partial charge in [0.1, 0.15) is 5.75 Å². The first-order chi connectivity index (χ1) is 11.4. The molecule has 0 bridgehead atoms. The number of sulfonamides is 1. The average Bonchev–Trinajstić information content (AvgIpc) is 2.53. The molecule has 7 heteroatoms. The molecule has 0 saturated heterocycles. The Kier molecular flexibility index (Phi) is 6.23. The monoisotopic (exact) mass is 366 g/mol. The number of hydrogen-bond donors (Lipinski definition) is 1. The van der Waals surface area contributed by atoms with Crippen LogP contribution in [0.4, 0.5) is 0 Å². The second-order valence-corrected chi connectivity index (χ2v) is 7.68. The van der Waals surface area contributed by atoms with Gasteiger partial charge in [0.25, 0.3) is 10.0 Å². The van der Waals surface area contributed by atoms with Crippen LogP contribution in [0.1, 0.15) is 19.4 Å². The molecule has 0 radical (unpaired) electrons. The lowest BCUT2D eigenvalue weighted by Gasteiger charge is -2.08. The van der Waals surface area contributed by atoms with Crippen LogP contribution in [-0.4, -0.2) is 21.2 Å². The van der Waals surface area contributed by atoms with Crippen LogP contribution in [0.25, 0.3) is 0 Å². The van der Waals surface area contributed by atoms with E-state index in [1.54, 1.807) is 6.07 Å². The number of benzene rings is 2. The number of rotatable bonds is 7. The molecule has 0 amide bonds. The van der Waals surface area contributed by atoms with Crippen LogP contribution in [0, 0.1) is 5.92 Å². The highest BCUT2D eigenvalue weighted by atomic mass is 35.5. The maximum atomic E-state index is 12.1. The van der Waals surface area contributed by atoms with Gasteiger partial charge < -0.3 is 4.74 Å². The Morgan fingerprint density at radius 3 is 2.58 bits per heavy atom. The quantitative estimate of drug-likeness (QED) is 0.600. The first-order valence-corrected chi connectivity index (χ1v) is 9.26. The Morgan fingerprint density at radius 1 is 1.21 bits per heavy atom. The van der Waals surface area contributed by atoms with Gasteiger partial charge in [-0.2, -0.15) is 13.5 Å². The van der Waals surface area contributed by atoms with Gasteiger partial charge in [-0.1, -0.05) is 37.6 Å². The fourth-order valence-electron chi connectivity index (χ4n) is 1.78. The summed E-state index contributed by atoms with van der Waals surface area (Å²) in [4.78, 5) is 2.27. The summed E-state index contributed by atoms with van der Waals surface area (Å²) in [6.07, 6.45) is 1.43.